The Morgan fingerprint density at radius 1 is 0.963 bits per heavy atom. The van der Waals surface area contributed by atoms with E-state index in [2.05, 4.69) is 6.92 Å². The van der Waals surface area contributed by atoms with Crippen LogP contribution in [0.2, 0.25) is 0 Å². The third-order valence-corrected chi connectivity index (χ3v) is 5.19. The lowest BCUT2D eigenvalue weighted by molar-refractivity contribution is -0.166. The van der Waals surface area contributed by atoms with Gasteiger partial charge in [-0.1, -0.05) is 77.6 Å². The molecule has 0 bridgehead atoms. The molecule has 0 aliphatic heterocycles. The Kier molecular flexibility index (Phi) is 11.2. The van der Waals surface area contributed by atoms with Crippen LogP contribution in [0.1, 0.15) is 97.3 Å². The fraction of sp³-hybridized carbons (Fsp3) is 0.773. The molecule has 0 saturated carbocycles. The standard InChI is InChI=1S/C22H36O5/c1-3-4-5-6-7-8-9-10-11-12-13-14-15-19(24)22(26)20(25)16-17-21(22)27-18(2)23/h16-17,21,26H,3-15H2,1-2H3/t21-,22-/m1/s1. The van der Waals surface area contributed by atoms with Gasteiger partial charge in [-0.3, -0.25) is 14.4 Å². The van der Waals surface area contributed by atoms with Gasteiger partial charge in [0.1, 0.15) is 0 Å². The second-order valence-electron chi connectivity index (χ2n) is 7.58. The smallest absolute Gasteiger partial charge is 0.303 e. The van der Waals surface area contributed by atoms with Gasteiger partial charge in [-0.05, 0) is 18.6 Å². The number of carbonyl (C=O) groups is 3. The number of hydrogen-bond donors (Lipinski definition) is 1. The second-order valence-corrected chi connectivity index (χ2v) is 7.58. The van der Waals surface area contributed by atoms with Crippen molar-refractivity contribution in [2.75, 3.05) is 0 Å². The summed E-state index contributed by atoms with van der Waals surface area (Å²) < 4.78 is 4.91. The summed E-state index contributed by atoms with van der Waals surface area (Å²) in [5, 5.41) is 10.5. The highest BCUT2D eigenvalue weighted by Crippen LogP contribution is 2.27. The van der Waals surface area contributed by atoms with Gasteiger partial charge in [-0.15, -0.1) is 0 Å². The van der Waals surface area contributed by atoms with Crippen LogP contribution in [0.4, 0.5) is 0 Å². The number of aliphatic hydroxyl groups is 1. The zero-order chi connectivity index (χ0) is 20.1. The lowest BCUT2D eigenvalue weighted by Gasteiger charge is -2.26. The number of unbranched alkanes of at least 4 members (excludes halogenated alkanes) is 11. The molecule has 0 radical (unpaired) electrons. The predicted octanol–water partition coefficient (Wildman–Crippen LogP) is 4.45. The van der Waals surface area contributed by atoms with Gasteiger partial charge >= 0.3 is 5.97 Å². The van der Waals surface area contributed by atoms with E-state index in [1.54, 1.807) is 0 Å². The van der Waals surface area contributed by atoms with Crippen LogP contribution in [0.15, 0.2) is 12.2 Å². The highest BCUT2D eigenvalue weighted by molar-refractivity contribution is 6.17. The monoisotopic (exact) mass is 380 g/mol. The van der Waals surface area contributed by atoms with Crippen LogP contribution in [0.3, 0.4) is 0 Å². The van der Waals surface area contributed by atoms with E-state index in [9.17, 15) is 19.5 Å². The first kappa shape index (κ1) is 23.5. The molecule has 27 heavy (non-hydrogen) atoms. The number of hydrogen-bond acceptors (Lipinski definition) is 5. The van der Waals surface area contributed by atoms with Gasteiger partial charge in [0.15, 0.2) is 17.7 Å². The Morgan fingerprint density at radius 3 is 1.93 bits per heavy atom. The summed E-state index contributed by atoms with van der Waals surface area (Å²) in [6.07, 6.45) is 15.5. The Labute approximate surface area is 163 Å². The molecular formula is C22H36O5. The maximum absolute atomic E-state index is 12.3. The molecule has 0 aromatic rings. The third kappa shape index (κ3) is 7.96. The number of rotatable bonds is 15. The Hall–Kier alpha value is -1.49. The summed E-state index contributed by atoms with van der Waals surface area (Å²) in [6, 6.07) is 0. The van der Waals surface area contributed by atoms with Crippen LogP contribution in [-0.2, 0) is 19.1 Å². The SMILES string of the molecule is CCCCCCCCCCCCCCC(=O)[C@@]1(O)C(=O)C=C[C@H]1OC(C)=O. The number of ether oxygens (including phenoxy) is 1. The summed E-state index contributed by atoms with van der Waals surface area (Å²) in [4.78, 5) is 35.3. The summed E-state index contributed by atoms with van der Waals surface area (Å²) in [6.45, 7) is 3.42. The van der Waals surface area contributed by atoms with Gasteiger partial charge in [0.05, 0.1) is 0 Å². The van der Waals surface area contributed by atoms with Crippen molar-refractivity contribution in [3.63, 3.8) is 0 Å². The molecule has 5 nitrogen and oxygen atoms in total. The minimum atomic E-state index is -2.23. The fourth-order valence-electron chi connectivity index (χ4n) is 3.50. The molecule has 0 amide bonds. The van der Waals surface area contributed by atoms with Crippen LogP contribution in [0.25, 0.3) is 0 Å². The molecule has 0 fully saturated rings. The zero-order valence-corrected chi connectivity index (χ0v) is 17.0. The summed E-state index contributed by atoms with van der Waals surface area (Å²) in [5.74, 6) is -1.88. The molecule has 0 saturated heterocycles. The van der Waals surface area contributed by atoms with Gasteiger partial charge in [-0.2, -0.15) is 0 Å². The van der Waals surface area contributed by atoms with E-state index in [1.165, 1.54) is 64.4 Å². The highest BCUT2D eigenvalue weighted by atomic mass is 16.6. The zero-order valence-electron chi connectivity index (χ0n) is 17.0. The summed E-state index contributed by atoms with van der Waals surface area (Å²) >= 11 is 0. The number of Topliss-reactive ketones (excluding diaryl/α,β-unsaturated/α-hetero) is 1. The minimum absolute atomic E-state index is 0.124. The third-order valence-electron chi connectivity index (χ3n) is 5.19. The van der Waals surface area contributed by atoms with E-state index in [0.717, 1.165) is 25.3 Å². The Bertz CT molecular complexity index is 511. The number of esters is 1. The molecule has 0 unspecified atom stereocenters. The van der Waals surface area contributed by atoms with Gasteiger partial charge in [0.25, 0.3) is 0 Å². The average molecular weight is 381 g/mol. The molecule has 5 heteroatoms. The van der Waals surface area contributed by atoms with E-state index in [4.69, 9.17) is 4.74 Å². The van der Waals surface area contributed by atoms with Crippen molar-refractivity contribution in [3.05, 3.63) is 12.2 Å². The van der Waals surface area contributed by atoms with Gasteiger partial charge in [0.2, 0.25) is 5.60 Å². The first-order valence-corrected chi connectivity index (χ1v) is 10.6. The van der Waals surface area contributed by atoms with Crippen molar-refractivity contribution in [3.8, 4) is 0 Å². The average Bonchev–Trinajstić information content (AvgIpc) is 2.91. The molecule has 154 valence electrons. The van der Waals surface area contributed by atoms with Crippen LogP contribution in [0.5, 0.6) is 0 Å². The summed E-state index contributed by atoms with van der Waals surface area (Å²) in [7, 11) is 0. The van der Waals surface area contributed by atoms with E-state index in [0.29, 0.717) is 6.42 Å². The lowest BCUT2D eigenvalue weighted by atomic mass is 9.89. The largest absolute Gasteiger partial charge is 0.454 e. The van der Waals surface area contributed by atoms with Crippen molar-refractivity contribution in [2.24, 2.45) is 0 Å². The normalized spacial score (nSPS) is 21.6. The fourth-order valence-corrected chi connectivity index (χ4v) is 3.50. The van der Waals surface area contributed by atoms with E-state index in [1.807, 2.05) is 0 Å². The van der Waals surface area contributed by atoms with E-state index in [-0.39, 0.29) is 6.42 Å². The summed E-state index contributed by atoms with van der Waals surface area (Å²) in [5.41, 5.74) is -2.23. The van der Waals surface area contributed by atoms with Crippen molar-refractivity contribution >= 4 is 17.5 Å². The molecule has 0 aromatic heterocycles. The predicted molar refractivity (Wildman–Crippen MR) is 105 cm³/mol. The van der Waals surface area contributed by atoms with Crippen molar-refractivity contribution in [1.29, 1.82) is 0 Å². The molecular weight excluding hydrogens is 344 g/mol. The molecule has 1 aliphatic rings. The number of carbonyl (C=O) groups excluding carboxylic acids is 3. The highest BCUT2D eigenvalue weighted by Gasteiger charge is 2.52. The van der Waals surface area contributed by atoms with Crippen LogP contribution in [-0.4, -0.2) is 34.3 Å². The maximum Gasteiger partial charge on any atom is 0.303 e. The Balaban J connectivity index is 2.13. The minimum Gasteiger partial charge on any atom is -0.454 e. The molecule has 0 aromatic carbocycles. The lowest BCUT2D eigenvalue weighted by Crippen LogP contribution is -2.53. The van der Waals surface area contributed by atoms with Crippen LogP contribution in [0, 0.1) is 0 Å². The second kappa shape index (κ2) is 12.8. The molecule has 1 aliphatic carbocycles. The molecule has 2 atom stereocenters. The van der Waals surface area contributed by atoms with E-state index >= 15 is 0 Å². The topological polar surface area (TPSA) is 80.7 Å². The van der Waals surface area contributed by atoms with E-state index < -0.39 is 29.2 Å². The van der Waals surface area contributed by atoms with Crippen LogP contribution < -0.4 is 0 Å². The van der Waals surface area contributed by atoms with Crippen molar-refractivity contribution in [2.45, 2.75) is 109 Å². The van der Waals surface area contributed by atoms with Gasteiger partial charge in [0, 0.05) is 13.3 Å². The van der Waals surface area contributed by atoms with Gasteiger partial charge in [-0.25, -0.2) is 0 Å². The number of ketones is 2. The van der Waals surface area contributed by atoms with Crippen molar-refractivity contribution in [1.82, 2.24) is 0 Å². The first-order chi connectivity index (χ1) is 12.9. The Morgan fingerprint density at radius 2 is 1.44 bits per heavy atom. The maximum atomic E-state index is 12.3. The van der Waals surface area contributed by atoms with Gasteiger partial charge < -0.3 is 9.84 Å². The van der Waals surface area contributed by atoms with Crippen molar-refractivity contribution < 1.29 is 24.2 Å². The van der Waals surface area contributed by atoms with Crippen LogP contribution >= 0.6 is 0 Å². The molecule has 0 spiro atoms. The molecule has 1 N–H and O–H groups in total. The molecule has 0 heterocycles. The molecule has 1 rings (SSSR count). The first-order valence-electron chi connectivity index (χ1n) is 10.6. The quantitative estimate of drug-likeness (QED) is 0.258.